The van der Waals surface area contributed by atoms with Gasteiger partial charge in [0.05, 0.1) is 25.4 Å². The van der Waals surface area contributed by atoms with E-state index in [0.29, 0.717) is 6.42 Å². The molecule has 0 spiro atoms. The van der Waals surface area contributed by atoms with Gasteiger partial charge in [0.1, 0.15) is 24.4 Å². The van der Waals surface area contributed by atoms with Crippen molar-refractivity contribution in [3.05, 3.63) is 36.5 Å². The van der Waals surface area contributed by atoms with Gasteiger partial charge in [0, 0.05) is 0 Å². The Morgan fingerprint density at radius 1 is 0.635 bits per heavy atom. The molecule has 1 saturated heterocycles. The zero-order valence-electron chi connectivity index (χ0n) is 32.7. The predicted octanol–water partition coefficient (Wildman–Crippen LogP) is 6.69. The van der Waals surface area contributed by atoms with Crippen LogP contribution in [0.2, 0.25) is 0 Å². The molecule has 52 heavy (non-hydrogen) atoms. The van der Waals surface area contributed by atoms with Gasteiger partial charge in [-0.15, -0.1) is 0 Å². The van der Waals surface area contributed by atoms with Gasteiger partial charge in [-0.3, -0.25) is 4.79 Å². The summed E-state index contributed by atoms with van der Waals surface area (Å²) >= 11 is 0. The molecule has 10 nitrogen and oxygen atoms in total. The highest BCUT2D eigenvalue weighted by Crippen LogP contribution is 2.22. The third kappa shape index (κ3) is 23.2. The first-order valence-corrected chi connectivity index (χ1v) is 20.8. The van der Waals surface area contributed by atoms with Crippen molar-refractivity contribution in [1.82, 2.24) is 5.32 Å². The third-order valence-electron chi connectivity index (χ3n) is 9.81. The van der Waals surface area contributed by atoms with E-state index < -0.39 is 61.5 Å². The Labute approximate surface area is 315 Å². The van der Waals surface area contributed by atoms with Crippen molar-refractivity contribution in [1.29, 1.82) is 0 Å². The molecule has 0 aliphatic carbocycles. The summed E-state index contributed by atoms with van der Waals surface area (Å²) in [4.78, 5) is 12.9. The molecule has 8 atom stereocenters. The van der Waals surface area contributed by atoms with E-state index in [2.05, 4.69) is 31.3 Å². The van der Waals surface area contributed by atoms with Crippen molar-refractivity contribution in [2.45, 2.75) is 210 Å². The van der Waals surface area contributed by atoms with E-state index in [1.807, 2.05) is 6.08 Å². The molecule has 1 amide bonds. The minimum absolute atomic E-state index is 0.340. The molecule has 0 radical (unpaired) electrons. The van der Waals surface area contributed by atoms with Crippen LogP contribution in [0.1, 0.15) is 162 Å². The van der Waals surface area contributed by atoms with Crippen LogP contribution in [0.4, 0.5) is 0 Å². The number of nitrogens with one attached hydrogen (secondary N) is 1. The lowest BCUT2D eigenvalue weighted by atomic mass is 9.99. The molecule has 304 valence electrons. The molecule has 1 fully saturated rings. The number of aliphatic hydroxyl groups is 6. The number of hydrogen-bond donors (Lipinski definition) is 7. The number of hydrogen-bond acceptors (Lipinski definition) is 9. The average Bonchev–Trinajstić information content (AvgIpc) is 3.14. The first kappa shape index (κ1) is 48.4. The quantitative estimate of drug-likeness (QED) is 0.0287. The maximum Gasteiger partial charge on any atom is 0.253 e. The van der Waals surface area contributed by atoms with Crippen molar-refractivity contribution in [2.75, 3.05) is 13.2 Å². The minimum Gasteiger partial charge on any atom is -0.394 e. The van der Waals surface area contributed by atoms with Gasteiger partial charge < -0.3 is 45.4 Å². The number of unbranched alkanes of at least 4 members (excludes halogenated alkanes) is 20. The summed E-state index contributed by atoms with van der Waals surface area (Å²) in [5, 5.41) is 64.2. The van der Waals surface area contributed by atoms with Crippen LogP contribution in [0.15, 0.2) is 36.5 Å². The number of rotatable bonds is 33. The molecule has 0 aromatic rings. The topological polar surface area (TPSA) is 169 Å². The van der Waals surface area contributed by atoms with Gasteiger partial charge in [-0.25, -0.2) is 0 Å². The molecular formula is C42H77NO9. The summed E-state index contributed by atoms with van der Waals surface area (Å²) in [6, 6.07) is -1.02. The van der Waals surface area contributed by atoms with Crippen LogP contribution in [0.25, 0.3) is 0 Å². The van der Waals surface area contributed by atoms with Gasteiger partial charge >= 0.3 is 0 Å². The van der Waals surface area contributed by atoms with Gasteiger partial charge in [0.25, 0.3) is 5.91 Å². The highest BCUT2D eigenvalue weighted by atomic mass is 16.7. The largest absolute Gasteiger partial charge is 0.394 e. The summed E-state index contributed by atoms with van der Waals surface area (Å²) < 4.78 is 11.1. The fraction of sp³-hybridized carbons (Fsp3) is 0.833. The molecule has 1 rings (SSSR count). The molecule has 0 saturated carbocycles. The van der Waals surface area contributed by atoms with Crippen LogP contribution in [0.5, 0.6) is 0 Å². The van der Waals surface area contributed by atoms with E-state index in [9.17, 15) is 35.4 Å². The van der Waals surface area contributed by atoms with Gasteiger partial charge in [-0.1, -0.05) is 159 Å². The molecule has 10 heteroatoms. The van der Waals surface area contributed by atoms with Crippen LogP contribution in [0.3, 0.4) is 0 Å². The Kier molecular flexibility index (Phi) is 30.5. The molecule has 0 aromatic heterocycles. The van der Waals surface area contributed by atoms with E-state index in [1.54, 1.807) is 12.2 Å². The van der Waals surface area contributed by atoms with E-state index in [-0.39, 0.29) is 6.61 Å². The fourth-order valence-electron chi connectivity index (χ4n) is 6.33. The van der Waals surface area contributed by atoms with E-state index in [1.165, 1.54) is 115 Å². The van der Waals surface area contributed by atoms with Gasteiger partial charge in [0.2, 0.25) is 0 Å². The zero-order valence-corrected chi connectivity index (χ0v) is 32.7. The molecule has 1 aliphatic rings. The molecule has 1 aliphatic heterocycles. The van der Waals surface area contributed by atoms with Crippen molar-refractivity contribution >= 4 is 5.91 Å². The van der Waals surface area contributed by atoms with Crippen LogP contribution in [0, 0.1) is 0 Å². The maximum absolute atomic E-state index is 12.9. The van der Waals surface area contributed by atoms with E-state index in [4.69, 9.17) is 9.47 Å². The SMILES string of the molecule is CCCCCCCCC/C=C\CC/C=C/[C@@H](O)[C@H](CO[C@@H]1O[C@H](CO)[C@@H](O)[C@H](O)[C@H]1O)NC(=O)[C@H](O)/C=C/CCCCCCCCCCCCCC. The number of carbonyl (C=O) groups excluding carboxylic acids is 1. The van der Waals surface area contributed by atoms with Crippen LogP contribution in [-0.4, -0.2) is 98.7 Å². The second kappa shape index (κ2) is 32.8. The van der Waals surface area contributed by atoms with Crippen molar-refractivity contribution in [2.24, 2.45) is 0 Å². The summed E-state index contributed by atoms with van der Waals surface area (Å²) in [6.07, 6.45) is 28.4. The molecular weight excluding hydrogens is 662 g/mol. The maximum atomic E-state index is 12.9. The Morgan fingerprint density at radius 2 is 1.10 bits per heavy atom. The standard InChI is InChI=1S/C42H77NO9/c1-3-5-7-9-11-13-15-17-19-21-23-25-27-29-31-36(46)41(50)43-34(33-51-42-40(49)39(48)38(47)37(32-44)52-42)35(45)30-28-26-24-22-20-18-16-14-12-10-8-6-4-2/h20,22,28-31,34-40,42,44-49H,3-19,21,23-27,32-33H2,1-2H3,(H,43,50)/b22-20-,30-28+,31-29+/t34-,35+,36+,37+,38+,39-,40+,42+/m0/s1. The summed E-state index contributed by atoms with van der Waals surface area (Å²) in [5.41, 5.74) is 0. The minimum atomic E-state index is -1.62. The molecule has 0 unspecified atom stereocenters. The van der Waals surface area contributed by atoms with Gasteiger partial charge in [0.15, 0.2) is 12.4 Å². The third-order valence-corrected chi connectivity index (χ3v) is 9.81. The lowest BCUT2D eigenvalue weighted by Gasteiger charge is -2.40. The molecule has 1 heterocycles. The molecule has 7 N–H and O–H groups in total. The summed E-state index contributed by atoms with van der Waals surface area (Å²) in [7, 11) is 0. The predicted molar refractivity (Wildman–Crippen MR) is 209 cm³/mol. The monoisotopic (exact) mass is 740 g/mol. The number of aliphatic hydroxyl groups excluding tert-OH is 6. The van der Waals surface area contributed by atoms with Crippen LogP contribution in [-0.2, 0) is 14.3 Å². The number of allylic oxidation sites excluding steroid dienone is 4. The first-order valence-electron chi connectivity index (χ1n) is 20.8. The highest BCUT2D eigenvalue weighted by Gasteiger charge is 2.44. The van der Waals surface area contributed by atoms with Gasteiger partial charge in [-0.05, 0) is 38.5 Å². The lowest BCUT2D eigenvalue weighted by Crippen LogP contribution is -2.60. The highest BCUT2D eigenvalue weighted by molar-refractivity contribution is 5.82. The van der Waals surface area contributed by atoms with Crippen molar-refractivity contribution in [3.8, 4) is 0 Å². The van der Waals surface area contributed by atoms with Crippen LogP contribution >= 0.6 is 0 Å². The second-order valence-corrected chi connectivity index (χ2v) is 14.6. The van der Waals surface area contributed by atoms with E-state index in [0.717, 1.165) is 32.1 Å². The smallest absolute Gasteiger partial charge is 0.253 e. The molecule has 0 bridgehead atoms. The van der Waals surface area contributed by atoms with E-state index >= 15 is 0 Å². The van der Waals surface area contributed by atoms with Crippen LogP contribution < -0.4 is 5.32 Å². The Balaban J connectivity index is 2.54. The average molecular weight is 740 g/mol. The Hall–Kier alpha value is -1.63. The second-order valence-electron chi connectivity index (χ2n) is 14.6. The fourth-order valence-corrected chi connectivity index (χ4v) is 6.33. The summed E-state index contributed by atoms with van der Waals surface area (Å²) in [5.74, 6) is -0.714. The number of ether oxygens (including phenoxy) is 2. The molecule has 0 aromatic carbocycles. The zero-order chi connectivity index (χ0) is 38.2. The Bertz CT molecular complexity index is 927. The number of amides is 1. The number of carbonyl (C=O) groups is 1. The first-order chi connectivity index (χ1) is 25.3. The Morgan fingerprint density at radius 3 is 1.63 bits per heavy atom. The van der Waals surface area contributed by atoms with Crippen molar-refractivity contribution in [3.63, 3.8) is 0 Å². The normalized spacial score (nSPS) is 22.8. The van der Waals surface area contributed by atoms with Gasteiger partial charge in [-0.2, -0.15) is 0 Å². The summed E-state index contributed by atoms with van der Waals surface area (Å²) in [6.45, 7) is 3.52. The van der Waals surface area contributed by atoms with Crippen molar-refractivity contribution < 1.29 is 44.9 Å². The lowest BCUT2D eigenvalue weighted by molar-refractivity contribution is -0.302.